The van der Waals surface area contributed by atoms with Crippen molar-refractivity contribution in [1.29, 1.82) is 0 Å². The first-order valence-electron chi connectivity index (χ1n) is 9.04. The topological polar surface area (TPSA) is 96.3 Å². The van der Waals surface area contributed by atoms with E-state index >= 15 is 0 Å². The number of amides is 3. The third kappa shape index (κ3) is 3.89. The Bertz CT molecular complexity index is 969. The number of hydrogen-bond donors (Lipinski definition) is 2. The number of fused-ring (bicyclic) bond motifs is 1. The molecule has 1 aliphatic rings. The zero-order valence-electron chi connectivity index (χ0n) is 16.2. The maximum Gasteiger partial charge on any atom is 0.272 e. The molecule has 0 saturated carbocycles. The Hall–Kier alpha value is -3.49. The number of carbonyl (C=O) groups excluding carboxylic acids is 3. The third-order valence-corrected chi connectivity index (χ3v) is 5.00. The van der Waals surface area contributed by atoms with Gasteiger partial charge in [0.25, 0.3) is 11.8 Å². The monoisotopic (exact) mass is 399 g/mol. The highest BCUT2D eigenvalue weighted by molar-refractivity contribution is 6.01. The van der Waals surface area contributed by atoms with E-state index in [1.165, 1.54) is 40.9 Å². The number of carbonyl (C=O) groups is 3. The van der Waals surface area contributed by atoms with E-state index in [0.29, 0.717) is 0 Å². The van der Waals surface area contributed by atoms with Crippen molar-refractivity contribution >= 4 is 17.7 Å². The number of halogens is 1. The molecule has 0 spiro atoms. The standard InChI is InChI=1S/C20H22FN5O3/c1-4-9-22-17(27)15-10-16-18(28)25(3)20(2,12-26(16)24-15)19(29)23-11-13-5-7-14(21)8-6-13/h4-8,10H,1,9,11-12H2,2-3H3,(H,22,27)(H,23,29)/t20-/m1/s1. The maximum absolute atomic E-state index is 13.0. The van der Waals surface area contributed by atoms with Crippen molar-refractivity contribution in [2.24, 2.45) is 0 Å². The average Bonchev–Trinajstić information content (AvgIpc) is 3.13. The summed E-state index contributed by atoms with van der Waals surface area (Å²) >= 11 is 0. The highest BCUT2D eigenvalue weighted by Gasteiger charge is 2.46. The Balaban J connectivity index is 1.78. The van der Waals surface area contributed by atoms with Gasteiger partial charge in [-0.2, -0.15) is 5.10 Å². The summed E-state index contributed by atoms with van der Waals surface area (Å²) in [5, 5.41) is 9.58. The molecule has 0 aliphatic carbocycles. The van der Waals surface area contributed by atoms with Crippen molar-refractivity contribution in [2.75, 3.05) is 13.6 Å². The smallest absolute Gasteiger partial charge is 0.272 e. The van der Waals surface area contributed by atoms with Crippen molar-refractivity contribution in [3.8, 4) is 0 Å². The second kappa shape index (κ2) is 7.86. The summed E-state index contributed by atoms with van der Waals surface area (Å²) in [5.74, 6) is -1.57. The third-order valence-electron chi connectivity index (χ3n) is 5.00. The first kappa shape index (κ1) is 20.2. The van der Waals surface area contributed by atoms with Crippen LogP contribution >= 0.6 is 0 Å². The summed E-state index contributed by atoms with van der Waals surface area (Å²) < 4.78 is 14.4. The molecule has 2 N–H and O–H groups in total. The van der Waals surface area contributed by atoms with Gasteiger partial charge in [-0.15, -0.1) is 6.58 Å². The van der Waals surface area contributed by atoms with Crippen LogP contribution in [0.3, 0.4) is 0 Å². The molecule has 2 heterocycles. The molecular formula is C20H22FN5O3. The number of benzene rings is 1. The van der Waals surface area contributed by atoms with Gasteiger partial charge in [0.15, 0.2) is 5.69 Å². The van der Waals surface area contributed by atoms with Crippen LogP contribution in [-0.4, -0.2) is 51.5 Å². The summed E-state index contributed by atoms with van der Waals surface area (Å²) in [6, 6.07) is 7.19. The predicted molar refractivity (Wildman–Crippen MR) is 104 cm³/mol. The Morgan fingerprint density at radius 1 is 1.31 bits per heavy atom. The molecule has 3 rings (SSSR count). The second-order valence-corrected chi connectivity index (χ2v) is 7.02. The van der Waals surface area contributed by atoms with Crippen molar-refractivity contribution in [3.05, 3.63) is 65.8 Å². The van der Waals surface area contributed by atoms with E-state index in [9.17, 15) is 18.8 Å². The fourth-order valence-electron chi connectivity index (χ4n) is 3.07. The fourth-order valence-corrected chi connectivity index (χ4v) is 3.07. The minimum atomic E-state index is -1.20. The maximum atomic E-state index is 13.0. The first-order chi connectivity index (χ1) is 13.8. The van der Waals surface area contributed by atoms with Gasteiger partial charge >= 0.3 is 0 Å². The zero-order chi connectivity index (χ0) is 21.2. The van der Waals surface area contributed by atoms with Crippen LogP contribution in [0.5, 0.6) is 0 Å². The van der Waals surface area contributed by atoms with Crippen LogP contribution in [-0.2, 0) is 17.9 Å². The quantitative estimate of drug-likeness (QED) is 0.711. The van der Waals surface area contributed by atoms with Crippen LogP contribution in [0.25, 0.3) is 0 Å². The lowest BCUT2D eigenvalue weighted by Crippen LogP contribution is -2.62. The number of hydrogen-bond acceptors (Lipinski definition) is 4. The van der Waals surface area contributed by atoms with Gasteiger partial charge in [-0.3, -0.25) is 19.1 Å². The highest BCUT2D eigenvalue weighted by Crippen LogP contribution is 2.26. The number of likely N-dealkylation sites (N-methyl/N-ethyl adjacent to an activating group) is 1. The van der Waals surface area contributed by atoms with Crippen LogP contribution in [0.4, 0.5) is 4.39 Å². The van der Waals surface area contributed by atoms with Crippen molar-refractivity contribution in [1.82, 2.24) is 25.3 Å². The predicted octanol–water partition coefficient (Wildman–Crippen LogP) is 1.10. The van der Waals surface area contributed by atoms with Crippen molar-refractivity contribution < 1.29 is 18.8 Å². The SMILES string of the molecule is C=CCNC(=O)c1cc2n(n1)C[C@](C)(C(=O)NCc1ccc(F)cc1)N(C)C2=O. The van der Waals surface area contributed by atoms with Gasteiger partial charge in [-0.25, -0.2) is 4.39 Å². The number of aromatic nitrogens is 2. The Labute approximate surface area is 167 Å². The average molecular weight is 399 g/mol. The van der Waals surface area contributed by atoms with Gasteiger partial charge < -0.3 is 15.5 Å². The van der Waals surface area contributed by atoms with Gasteiger partial charge in [-0.05, 0) is 24.6 Å². The minimum Gasteiger partial charge on any atom is -0.350 e. The number of nitrogens with one attached hydrogen (secondary N) is 2. The molecule has 152 valence electrons. The van der Waals surface area contributed by atoms with Crippen LogP contribution in [0.2, 0.25) is 0 Å². The minimum absolute atomic E-state index is 0.0918. The molecule has 3 amide bonds. The van der Waals surface area contributed by atoms with Gasteiger partial charge in [0.2, 0.25) is 5.91 Å². The number of nitrogens with zero attached hydrogens (tertiary/aromatic N) is 3. The zero-order valence-corrected chi connectivity index (χ0v) is 16.2. The molecular weight excluding hydrogens is 377 g/mol. The van der Waals surface area contributed by atoms with Gasteiger partial charge in [0, 0.05) is 26.2 Å². The molecule has 1 aromatic heterocycles. The molecule has 0 fully saturated rings. The van der Waals surface area contributed by atoms with Crippen molar-refractivity contribution in [3.63, 3.8) is 0 Å². The molecule has 1 atom stereocenters. The Morgan fingerprint density at radius 2 is 2.00 bits per heavy atom. The summed E-state index contributed by atoms with van der Waals surface area (Å²) in [4.78, 5) is 39.2. The molecule has 0 saturated heterocycles. The first-order valence-corrected chi connectivity index (χ1v) is 9.04. The molecule has 2 aromatic rings. The molecule has 0 bridgehead atoms. The summed E-state index contributed by atoms with van der Waals surface area (Å²) in [7, 11) is 1.54. The molecule has 29 heavy (non-hydrogen) atoms. The summed E-state index contributed by atoms with van der Waals surface area (Å²) in [6.07, 6.45) is 1.54. The van der Waals surface area contributed by atoms with E-state index in [2.05, 4.69) is 22.3 Å². The lowest BCUT2D eigenvalue weighted by molar-refractivity contribution is -0.132. The molecule has 1 aromatic carbocycles. The van der Waals surface area contributed by atoms with E-state index in [1.807, 2.05) is 0 Å². The second-order valence-electron chi connectivity index (χ2n) is 7.02. The summed E-state index contributed by atoms with van der Waals surface area (Å²) in [6.45, 7) is 5.72. The van der Waals surface area contributed by atoms with Crippen LogP contribution in [0.15, 0.2) is 43.0 Å². The van der Waals surface area contributed by atoms with E-state index in [4.69, 9.17) is 0 Å². The number of rotatable bonds is 6. The molecule has 1 aliphatic heterocycles. The van der Waals surface area contributed by atoms with Crippen LogP contribution in [0.1, 0.15) is 33.5 Å². The summed E-state index contributed by atoms with van der Waals surface area (Å²) in [5.41, 5.74) is -0.140. The Morgan fingerprint density at radius 3 is 2.66 bits per heavy atom. The highest BCUT2D eigenvalue weighted by atomic mass is 19.1. The lowest BCUT2D eigenvalue weighted by atomic mass is 9.96. The van der Waals surface area contributed by atoms with Gasteiger partial charge in [0.05, 0.1) is 6.54 Å². The van der Waals surface area contributed by atoms with E-state index in [1.54, 1.807) is 19.1 Å². The molecule has 0 radical (unpaired) electrons. The largest absolute Gasteiger partial charge is 0.350 e. The molecule has 9 heteroatoms. The molecule has 0 unspecified atom stereocenters. The van der Waals surface area contributed by atoms with E-state index in [-0.39, 0.29) is 42.7 Å². The van der Waals surface area contributed by atoms with Crippen LogP contribution in [0, 0.1) is 5.82 Å². The van der Waals surface area contributed by atoms with Gasteiger partial charge in [-0.1, -0.05) is 18.2 Å². The van der Waals surface area contributed by atoms with Crippen LogP contribution < -0.4 is 10.6 Å². The van der Waals surface area contributed by atoms with Gasteiger partial charge in [0.1, 0.15) is 17.1 Å². The normalized spacial score (nSPS) is 18.2. The lowest BCUT2D eigenvalue weighted by Gasteiger charge is -2.40. The molecule has 8 nitrogen and oxygen atoms in total. The fraction of sp³-hybridized carbons (Fsp3) is 0.300. The van der Waals surface area contributed by atoms with E-state index < -0.39 is 17.4 Å². The van der Waals surface area contributed by atoms with Crippen molar-refractivity contribution in [2.45, 2.75) is 25.6 Å². The van der Waals surface area contributed by atoms with E-state index in [0.717, 1.165) is 5.56 Å². The Kier molecular flexibility index (Phi) is 5.49.